The minimum atomic E-state index is -0.198. The van der Waals surface area contributed by atoms with E-state index in [4.69, 9.17) is 9.47 Å². The van der Waals surface area contributed by atoms with E-state index in [1.165, 1.54) is 5.56 Å². The molecule has 6 nitrogen and oxygen atoms in total. The van der Waals surface area contributed by atoms with Gasteiger partial charge in [0.25, 0.3) is 0 Å². The van der Waals surface area contributed by atoms with Crippen molar-refractivity contribution in [3.8, 4) is 11.5 Å². The molecule has 5 rings (SSSR count). The fraction of sp³-hybridized carbons (Fsp3) is 0.517. The second-order valence-electron chi connectivity index (χ2n) is 10.8. The van der Waals surface area contributed by atoms with Gasteiger partial charge in [-0.05, 0) is 80.3 Å². The summed E-state index contributed by atoms with van der Waals surface area (Å²) in [5.41, 5.74) is 2.02. The second kappa shape index (κ2) is 9.56. The number of ether oxygens (including phenoxy) is 2. The lowest BCUT2D eigenvalue weighted by molar-refractivity contribution is -0.150. The summed E-state index contributed by atoms with van der Waals surface area (Å²) in [6, 6.07) is 16.0. The van der Waals surface area contributed by atoms with Crippen LogP contribution in [0.2, 0.25) is 0 Å². The summed E-state index contributed by atoms with van der Waals surface area (Å²) in [6.07, 6.45) is 3.95. The molecule has 1 aliphatic carbocycles. The number of anilines is 1. The van der Waals surface area contributed by atoms with Crippen LogP contribution in [0.25, 0.3) is 0 Å². The van der Waals surface area contributed by atoms with Gasteiger partial charge in [-0.3, -0.25) is 9.59 Å². The maximum Gasteiger partial charge on any atom is 0.231 e. The van der Waals surface area contributed by atoms with Gasteiger partial charge in [0.15, 0.2) is 0 Å². The van der Waals surface area contributed by atoms with Gasteiger partial charge in [0.2, 0.25) is 11.8 Å². The van der Waals surface area contributed by atoms with Gasteiger partial charge in [0, 0.05) is 25.8 Å². The molecule has 2 heterocycles. The molecule has 0 N–H and O–H groups in total. The standard InChI is InChI=1S/C29H36N2O4/c1-20-7-11-23(12-8-20)34-15-5-4-6-16-35-24-13-9-22(10-14-24)31-18-21-17-29(2)19-30(3)27(32)25(21)26(29)28(31)33/h7-14,21,25-26H,4-6,15-19H2,1-3H3. The molecule has 2 aromatic rings. The average Bonchev–Trinajstić information content (AvgIpc) is 3.01. The molecule has 1 saturated carbocycles. The molecular weight excluding hydrogens is 440 g/mol. The number of likely N-dealkylation sites (tertiary alicyclic amines) is 1. The van der Waals surface area contributed by atoms with Crippen LogP contribution in [0.4, 0.5) is 5.69 Å². The lowest BCUT2D eigenvalue weighted by atomic mass is 9.71. The quantitative estimate of drug-likeness (QED) is 0.492. The van der Waals surface area contributed by atoms with Crippen LogP contribution < -0.4 is 14.4 Å². The molecule has 2 aliphatic heterocycles. The summed E-state index contributed by atoms with van der Waals surface area (Å²) in [5.74, 6) is 1.89. The monoisotopic (exact) mass is 476 g/mol. The summed E-state index contributed by atoms with van der Waals surface area (Å²) in [5, 5.41) is 0. The normalized spacial score (nSPS) is 27.3. The van der Waals surface area contributed by atoms with Crippen molar-refractivity contribution in [1.82, 2.24) is 4.90 Å². The maximum absolute atomic E-state index is 13.5. The van der Waals surface area contributed by atoms with E-state index in [9.17, 15) is 9.59 Å². The molecule has 6 heteroatoms. The first-order chi connectivity index (χ1) is 16.9. The highest BCUT2D eigenvalue weighted by Gasteiger charge is 2.64. The average molecular weight is 477 g/mol. The third-order valence-corrected chi connectivity index (χ3v) is 8.05. The van der Waals surface area contributed by atoms with E-state index >= 15 is 0 Å². The van der Waals surface area contributed by atoms with Gasteiger partial charge in [-0.1, -0.05) is 24.6 Å². The predicted octanol–water partition coefficient (Wildman–Crippen LogP) is 4.70. The van der Waals surface area contributed by atoms with Crippen LogP contribution in [0.3, 0.4) is 0 Å². The third-order valence-electron chi connectivity index (χ3n) is 8.05. The minimum Gasteiger partial charge on any atom is -0.494 e. The Balaban J connectivity index is 1.08. The fourth-order valence-electron chi connectivity index (χ4n) is 6.41. The maximum atomic E-state index is 13.5. The summed E-state index contributed by atoms with van der Waals surface area (Å²) in [6.45, 7) is 6.92. The van der Waals surface area contributed by atoms with Crippen molar-refractivity contribution in [3.05, 3.63) is 54.1 Å². The Labute approximate surface area is 208 Å². The Bertz CT molecular complexity index is 1070. The van der Waals surface area contributed by atoms with Crippen LogP contribution in [0, 0.1) is 30.1 Å². The van der Waals surface area contributed by atoms with E-state index in [-0.39, 0.29) is 35.0 Å². The first-order valence-electron chi connectivity index (χ1n) is 12.8. The van der Waals surface area contributed by atoms with Gasteiger partial charge in [-0.25, -0.2) is 0 Å². The Kier molecular flexibility index (Phi) is 6.47. The van der Waals surface area contributed by atoms with Crippen molar-refractivity contribution >= 4 is 17.5 Å². The van der Waals surface area contributed by atoms with Gasteiger partial charge < -0.3 is 19.3 Å². The molecule has 0 spiro atoms. The first kappa shape index (κ1) is 23.7. The van der Waals surface area contributed by atoms with E-state index in [0.29, 0.717) is 26.3 Å². The predicted molar refractivity (Wildman–Crippen MR) is 136 cm³/mol. The summed E-state index contributed by atoms with van der Waals surface area (Å²) < 4.78 is 11.7. The van der Waals surface area contributed by atoms with Crippen molar-refractivity contribution in [2.24, 2.45) is 23.2 Å². The van der Waals surface area contributed by atoms with E-state index in [0.717, 1.165) is 42.9 Å². The molecule has 2 saturated heterocycles. The van der Waals surface area contributed by atoms with Gasteiger partial charge in [-0.15, -0.1) is 0 Å². The Morgan fingerprint density at radius 2 is 1.49 bits per heavy atom. The number of carbonyl (C=O) groups is 2. The number of hydrogen-bond acceptors (Lipinski definition) is 4. The summed E-state index contributed by atoms with van der Waals surface area (Å²) in [4.78, 5) is 29.9. The number of rotatable bonds is 9. The minimum absolute atomic E-state index is 0.106. The first-order valence-corrected chi connectivity index (χ1v) is 12.8. The van der Waals surface area contributed by atoms with Gasteiger partial charge in [-0.2, -0.15) is 0 Å². The molecule has 0 radical (unpaired) electrons. The highest BCUT2D eigenvalue weighted by molar-refractivity contribution is 6.01. The number of piperidine rings is 2. The highest BCUT2D eigenvalue weighted by atomic mass is 16.5. The number of carbonyl (C=O) groups excluding carboxylic acids is 2. The zero-order valence-corrected chi connectivity index (χ0v) is 21.0. The van der Waals surface area contributed by atoms with Crippen LogP contribution in [-0.4, -0.2) is 50.1 Å². The molecule has 2 aromatic carbocycles. The number of nitrogens with zero attached hydrogens (tertiary/aromatic N) is 2. The van der Waals surface area contributed by atoms with E-state index in [1.54, 1.807) is 0 Å². The molecule has 4 unspecified atom stereocenters. The number of amides is 2. The van der Waals surface area contributed by atoms with Crippen LogP contribution in [0.1, 0.15) is 38.2 Å². The van der Waals surface area contributed by atoms with Crippen molar-refractivity contribution in [1.29, 1.82) is 0 Å². The molecule has 35 heavy (non-hydrogen) atoms. The highest BCUT2D eigenvalue weighted by Crippen LogP contribution is 2.57. The van der Waals surface area contributed by atoms with Crippen LogP contribution >= 0.6 is 0 Å². The molecule has 4 atom stereocenters. The number of aryl methyl sites for hydroxylation is 1. The largest absolute Gasteiger partial charge is 0.494 e. The van der Waals surface area contributed by atoms with Crippen molar-refractivity contribution in [2.75, 3.05) is 38.3 Å². The Hall–Kier alpha value is -3.02. The molecule has 3 aliphatic rings. The molecule has 4 bridgehead atoms. The van der Waals surface area contributed by atoms with E-state index < -0.39 is 0 Å². The van der Waals surface area contributed by atoms with Gasteiger partial charge >= 0.3 is 0 Å². The van der Waals surface area contributed by atoms with Crippen LogP contribution in [0.5, 0.6) is 11.5 Å². The Morgan fingerprint density at radius 3 is 2.11 bits per heavy atom. The molecule has 186 valence electrons. The van der Waals surface area contributed by atoms with Gasteiger partial charge in [0.05, 0.1) is 25.0 Å². The zero-order chi connectivity index (χ0) is 24.6. The van der Waals surface area contributed by atoms with E-state index in [1.807, 2.05) is 53.2 Å². The van der Waals surface area contributed by atoms with Crippen LogP contribution in [-0.2, 0) is 9.59 Å². The second-order valence-corrected chi connectivity index (χ2v) is 10.8. The Morgan fingerprint density at radius 1 is 0.886 bits per heavy atom. The number of benzene rings is 2. The molecule has 3 fully saturated rings. The smallest absolute Gasteiger partial charge is 0.231 e. The molecule has 2 amide bonds. The number of unbranched alkanes of at least 4 members (excludes halogenated alkanes) is 2. The lowest BCUT2D eigenvalue weighted by Crippen LogP contribution is -2.58. The van der Waals surface area contributed by atoms with Crippen molar-refractivity contribution < 1.29 is 19.1 Å². The molecular formula is C29H36N2O4. The lowest BCUT2D eigenvalue weighted by Gasteiger charge is -2.45. The van der Waals surface area contributed by atoms with Crippen LogP contribution in [0.15, 0.2) is 48.5 Å². The van der Waals surface area contributed by atoms with Crippen molar-refractivity contribution in [3.63, 3.8) is 0 Å². The van der Waals surface area contributed by atoms with E-state index in [2.05, 4.69) is 26.0 Å². The van der Waals surface area contributed by atoms with Crippen molar-refractivity contribution in [2.45, 2.75) is 39.5 Å². The topological polar surface area (TPSA) is 59.1 Å². The summed E-state index contributed by atoms with van der Waals surface area (Å²) in [7, 11) is 1.87. The third kappa shape index (κ3) is 4.63. The summed E-state index contributed by atoms with van der Waals surface area (Å²) >= 11 is 0. The fourth-order valence-corrected chi connectivity index (χ4v) is 6.41. The zero-order valence-electron chi connectivity index (χ0n) is 21.0. The number of hydrogen-bond donors (Lipinski definition) is 0. The molecule has 0 aromatic heterocycles. The van der Waals surface area contributed by atoms with Gasteiger partial charge in [0.1, 0.15) is 11.5 Å². The SMILES string of the molecule is Cc1ccc(OCCCCCOc2ccc(N3CC4CC5(C)CN(C)C(=O)C4C5C3=O)cc2)cc1.